The van der Waals surface area contributed by atoms with Crippen LogP contribution >= 0.6 is 0 Å². The largest absolute Gasteiger partial charge is 0.495 e. The average Bonchev–Trinajstić information content (AvgIpc) is 2.67. The molecule has 0 aliphatic carbocycles. The zero-order valence-electron chi connectivity index (χ0n) is 14.7. The van der Waals surface area contributed by atoms with Gasteiger partial charge in [0.2, 0.25) is 5.91 Å². The molecule has 1 aliphatic heterocycles. The Labute approximate surface area is 152 Å². The number of anilines is 2. The fourth-order valence-electron chi connectivity index (χ4n) is 2.92. The molecule has 1 fully saturated rings. The van der Waals surface area contributed by atoms with Crippen LogP contribution in [0.2, 0.25) is 0 Å². The lowest BCUT2D eigenvalue weighted by atomic mass is 10.1. The first kappa shape index (κ1) is 17.8. The summed E-state index contributed by atoms with van der Waals surface area (Å²) in [5.41, 5.74) is 2.13. The van der Waals surface area contributed by atoms with Crippen molar-refractivity contribution in [1.82, 2.24) is 0 Å². The third-order valence-corrected chi connectivity index (χ3v) is 4.25. The van der Waals surface area contributed by atoms with Crippen LogP contribution in [0.25, 0.3) is 0 Å². The minimum absolute atomic E-state index is 0.0679. The van der Waals surface area contributed by atoms with Crippen molar-refractivity contribution in [2.45, 2.75) is 25.9 Å². The number of carbonyl (C=O) groups is 2. The molecule has 1 saturated heterocycles. The standard InChI is InChI=1S/C20H22N2O4/c1-25-18-11-10-16(13-17(18)22-12-6-5-9-19(22)23)21-20(24)26-14-15-7-3-2-4-8-15/h2-4,7-8,10-11,13H,5-6,9,12,14H2,1H3,(H,21,24). The van der Waals surface area contributed by atoms with E-state index in [9.17, 15) is 9.59 Å². The Hall–Kier alpha value is -3.02. The maximum Gasteiger partial charge on any atom is 0.411 e. The normalized spacial score (nSPS) is 14.0. The second-order valence-corrected chi connectivity index (χ2v) is 6.08. The number of hydrogen-bond donors (Lipinski definition) is 1. The number of piperidine rings is 1. The molecule has 2 amide bonds. The van der Waals surface area contributed by atoms with Crippen molar-refractivity contribution in [3.05, 3.63) is 54.1 Å². The Morgan fingerprint density at radius 1 is 1.15 bits per heavy atom. The van der Waals surface area contributed by atoms with Gasteiger partial charge in [-0.25, -0.2) is 4.79 Å². The van der Waals surface area contributed by atoms with Crippen LogP contribution in [0.5, 0.6) is 5.75 Å². The smallest absolute Gasteiger partial charge is 0.411 e. The third kappa shape index (κ3) is 4.33. The van der Waals surface area contributed by atoms with Gasteiger partial charge in [0.15, 0.2) is 0 Å². The van der Waals surface area contributed by atoms with Crippen LogP contribution in [0.3, 0.4) is 0 Å². The maximum absolute atomic E-state index is 12.2. The summed E-state index contributed by atoms with van der Waals surface area (Å²) < 4.78 is 10.6. The van der Waals surface area contributed by atoms with E-state index in [2.05, 4.69) is 5.32 Å². The average molecular weight is 354 g/mol. The number of nitrogens with zero attached hydrogens (tertiary/aromatic N) is 1. The second-order valence-electron chi connectivity index (χ2n) is 6.08. The second kappa shape index (κ2) is 8.38. The molecule has 1 heterocycles. The van der Waals surface area contributed by atoms with E-state index in [0.717, 1.165) is 18.4 Å². The molecule has 3 rings (SSSR count). The van der Waals surface area contributed by atoms with Gasteiger partial charge in [-0.05, 0) is 36.6 Å². The Balaban J connectivity index is 1.69. The summed E-state index contributed by atoms with van der Waals surface area (Å²) >= 11 is 0. The van der Waals surface area contributed by atoms with E-state index >= 15 is 0 Å². The summed E-state index contributed by atoms with van der Waals surface area (Å²) in [6, 6.07) is 14.7. The summed E-state index contributed by atoms with van der Waals surface area (Å²) in [4.78, 5) is 26.0. The van der Waals surface area contributed by atoms with E-state index in [-0.39, 0.29) is 12.5 Å². The van der Waals surface area contributed by atoms with Gasteiger partial charge in [0.25, 0.3) is 0 Å². The SMILES string of the molecule is COc1ccc(NC(=O)OCc2ccccc2)cc1N1CCCCC1=O. The molecule has 26 heavy (non-hydrogen) atoms. The Morgan fingerprint density at radius 3 is 2.69 bits per heavy atom. The number of benzene rings is 2. The molecule has 2 aromatic rings. The number of rotatable bonds is 5. The highest BCUT2D eigenvalue weighted by Crippen LogP contribution is 2.33. The lowest BCUT2D eigenvalue weighted by Gasteiger charge is -2.28. The summed E-state index contributed by atoms with van der Waals surface area (Å²) in [7, 11) is 1.56. The molecule has 2 aromatic carbocycles. The zero-order chi connectivity index (χ0) is 18.4. The molecule has 0 saturated carbocycles. The molecule has 0 radical (unpaired) electrons. The van der Waals surface area contributed by atoms with Crippen LogP contribution in [0.4, 0.5) is 16.2 Å². The van der Waals surface area contributed by atoms with Crippen molar-refractivity contribution in [2.24, 2.45) is 0 Å². The number of ether oxygens (including phenoxy) is 2. The third-order valence-electron chi connectivity index (χ3n) is 4.25. The van der Waals surface area contributed by atoms with Crippen LogP contribution < -0.4 is 15.0 Å². The highest BCUT2D eigenvalue weighted by molar-refractivity contribution is 5.97. The molecule has 0 aromatic heterocycles. The molecule has 6 heteroatoms. The first-order valence-corrected chi connectivity index (χ1v) is 8.63. The molecule has 0 spiro atoms. The fraction of sp³-hybridized carbons (Fsp3) is 0.300. The molecule has 0 bridgehead atoms. The highest BCUT2D eigenvalue weighted by atomic mass is 16.5. The first-order valence-electron chi connectivity index (χ1n) is 8.63. The van der Waals surface area contributed by atoms with Crippen LogP contribution in [-0.4, -0.2) is 25.7 Å². The lowest BCUT2D eigenvalue weighted by molar-refractivity contribution is -0.119. The van der Waals surface area contributed by atoms with Crippen LogP contribution in [0.15, 0.2) is 48.5 Å². The van der Waals surface area contributed by atoms with Crippen molar-refractivity contribution in [1.29, 1.82) is 0 Å². The summed E-state index contributed by atoms with van der Waals surface area (Å²) in [6.07, 6.45) is 1.84. The number of hydrogen-bond acceptors (Lipinski definition) is 4. The Morgan fingerprint density at radius 2 is 1.96 bits per heavy atom. The number of nitrogens with one attached hydrogen (secondary N) is 1. The van der Waals surface area contributed by atoms with Gasteiger partial charge < -0.3 is 14.4 Å². The van der Waals surface area contributed by atoms with Gasteiger partial charge in [-0.2, -0.15) is 0 Å². The van der Waals surface area contributed by atoms with Gasteiger partial charge in [0.1, 0.15) is 12.4 Å². The van der Waals surface area contributed by atoms with Gasteiger partial charge in [0, 0.05) is 18.7 Å². The van der Waals surface area contributed by atoms with Crippen LogP contribution in [0, 0.1) is 0 Å². The van der Waals surface area contributed by atoms with Crippen molar-refractivity contribution in [3.8, 4) is 5.75 Å². The van der Waals surface area contributed by atoms with Crippen molar-refractivity contribution in [3.63, 3.8) is 0 Å². The van der Waals surface area contributed by atoms with E-state index in [0.29, 0.717) is 30.1 Å². The summed E-state index contributed by atoms with van der Waals surface area (Å²) in [5, 5.41) is 2.70. The molecule has 0 atom stereocenters. The predicted molar refractivity (Wildman–Crippen MR) is 99.4 cm³/mol. The zero-order valence-corrected chi connectivity index (χ0v) is 14.7. The van der Waals surface area contributed by atoms with E-state index < -0.39 is 6.09 Å². The van der Waals surface area contributed by atoms with Crippen LogP contribution in [-0.2, 0) is 16.1 Å². The fourth-order valence-corrected chi connectivity index (χ4v) is 2.92. The lowest BCUT2D eigenvalue weighted by Crippen LogP contribution is -2.35. The van der Waals surface area contributed by atoms with Gasteiger partial charge in [-0.1, -0.05) is 30.3 Å². The monoisotopic (exact) mass is 354 g/mol. The van der Waals surface area contributed by atoms with E-state index in [4.69, 9.17) is 9.47 Å². The number of methoxy groups -OCH3 is 1. The number of carbonyl (C=O) groups excluding carboxylic acids is 2. The Kier molecular flexibility index (Phi) is 5.73. The molecule has 1 aliphatic rings. The molecule has 1 N–H and O–H groups in total. The van der Waals surface area contributed by atoms with Gasteiger partial charge in [-0.3, -0.25) is 10.1 Å². The maximum atomic E-state index is 12.2. The van der Waals surface area contributed by atoms with E-state index in [1.165, 1.54) is 0 Å². The first-order chi connectivity index (χ1) is 12.7. The quantitative estimate of drug-likeness (QED) is 0.882. The van der Waals surface area contributed by atoms with E-state index in [1.807, 2.05) is 30.3 Å². The van der Waals surface area contributed by atoms with Gasteiger partial charge >= 0.3 is 6.09 Å². The molecule has 0 unspecified atom stereocenters. The van der Waals surface area contributed by atoms with Crippen LogP contribution in [0.1, 0.15) is 24.8 Å². The minimum Gasteiger partial charge on any atom is -0.495 e. The topological polar surface area (TPSA) is 67.9 Å². The summed E-state index contributed by atoms with van der Waals surface area (Å²) in [5.74, 6) is 0.668. The molecule has 6 nitrogen and oxygen atoms in total. The summed E-state index contributed by atoms with van der Waals surface area (Å²) in [6.45, 7) is 0.845. The molecule has 136 valence electrons. The van der Waals surface area contributed by atoms with Gasteiger partial charge in [-0.15, -0.1) is 0 Å². The van der Waals surface area contributed by atoms with Crippen molar-refractivity contribution >= 4 is 23.4 Å². The molecular weight excluding hydrogens is 332 g/mol. The highest BCUT2D eigenvalue weighted by Gasteiger charge is 2.23. The Bertz CT molecular complexity index is 777. The van der Waals surface area contributed by atoms with E-state index in [1.54, 1.807) is 30.2 Å². The number of amides is 2. The van der Waals surface area contributed by atoms with Gasteiger partial charge in [0.05, 0.1) is 12.8 Å². The molecular formula is C20H22N2O4. The van der Waals surface area contributed by atoms with Crippen molar-refractivity contribution < 1.29 is 19.1 Å². The van der Waals surface area contributed by atoms with Crippen molar-refractivity contribution in [2.75, 3.05) is 23.9 Å². The minimum atomic E-state index is -0.546. The predicted octanol–water partition coefficient (Wildman–Crippen LogP) is 3.96.